The molecule has 2 N–H and O–H groups in total. The molecular weight excluding hydrogens is 391 g/mol. The molecule has 1 unspecified atom stereocenters. The Bertz CT molecular complexity index is 890. The first-order valence-electron chi connectivity index (χ1n) is 9.56. The molecule has 0 aromatic heterocycles. The SMILES string of the molecule is C[C@H](NP(=O)(OCc1ccccc1)c1ccccc1)C(=O)N1CCC[C@H]1C(=O)O. The van der Waals surface area contributed by atoms with Gasteiger partial charge in [0.05, 0.1) is 18.0 Å². The summed E-state index contributed by atoms with van der Waals surface area (Å²) in [6.45, 7) is 2.08. The van der Waals surface area contributed by atoms with E-state index in [9.17, 15) is 19.3 Å². The van der Waals surface area contributed by atoms with Crippen LogP contribution in [0.5, 0.6) is 0 Å². The fraction of sp³-hybridized carbons (Fsp3) is 0.333. The second-order valence-electron chi connectivity index (χ2n) is 7.02. The molecule has 0 bridgehead atoms. The van der Waals surface area contributed by atoms with Crippen LogP contribution in [0.15, 0.2) is 60.7 Å². The molecule has 2 aromatic rings. The molecule has 1 fully saturated rings. The lowest BCUT2D eigenvalue weighted by Gasteiger charge is -2.28. The van der Waals surface area contributed by atoms with Crippen molar-refractivity contribution in [3.8, 4) is 0 Å². The van der Waals surface area contributed by atoms with Crippen molar-refractivity contribution in [2.24, 2.45) is 0 Å². The molecule has 0 radical (unpaired) electrons. The first kappa shape index (κ1) is 21.2. The Balaban J connectivity index is 1.78. The summed E-state index contributed by atoms with van der Waals surface area (Å²) in [4.78, 5) is 25.6. The van der Waals surface area contributed by atoms with Gasteiger partial charge >= 0.3 is 13.5 Å². The van der Waals surface area contributed by atoms with Crippen LogP contribution in [0.1, 0.15) is 25.3 Å². The van der Waals surface area contributed by atoms with E-state index in [0.29, 0.717) is 24.7 Å². The molecule has 154 valence electrons. The number of likely N-dealkylation sites (tertiary alicyclic amines) is 1. The molecule has 3 rings (SSSR count). The van der Waals surface area contributed by atoms with Gasteiger partial charge in [-0.2, -0.15) is 0 Å². The van der Waals surface area contributed by atoms with Crippen LogP contribution in [-0.4, -0.2) is 40.5 Å². The lowest BCUT2D eigenvalue weighted by molar-refractivity contribution is -0.148. The highest BCUT2D eigenvalue weighted by Crippen LogP contribution is 2.43. The van der Waals surface area contributed by atoms with E-state index in [1.807, 2.05) is 30.3 Å². The van der Waals surface area contributed by atoms with E-state index in [1.54, 1.807) is 37.3 Å². The lowest BCUT2D eigenvalue weighted by atomic mass is 10.2. The van der Waals surface area contributed by atoms with Gasteiger partial charge < -0.3 is 14.5 Å². The van der Waals surface area contributed by atoms with Crippen LogP contribution in [0.25, 0.3) is 0 Å². The van der Waals surface area contributed by atoms with Crippen LogP contribution < -0.4 is 10.4 Å². The van der Waals surface area contributed by atoms with Crippen molar-refractivity contribution in [3.05, 3.63) is 66.2 Å². The van der Waals surface area contributed by atoms with E-state index in [2.05, 4.69) is 5.09 Å². The van der Waals surface area contributed by atoms with Gasteiger partial charge in [0, 0.05) is 6.54 Å². The molecule has 1 heterocycles. The van der Waals surface area contributed by atoms with Crippen molar-refractivity contribution in [3.63, 3.8) is 0 Å². The number of carbonyl (C=O) groups is 2. The average molecular weight is 416 g/mol. The van der Waals surface area contributed by atoms with Gasteiger partial charge in [0.15, 0.2) is 0 Å². The third kappa shape index (κ3) is 5.12. The second kappa shape index (κ2) is 9.35. The Morgan fingerprint density at radius 3 is 2.41 bits per heavy atom. The van der Waals surface area contributed by atoms with Gasteiger partial charge in [-0.1, -0.05) is 48.5 Å². The van der Waals surface area contributed by atoms with E-state index in [1.165, 1.54) is 4.90 Å². The van der Waals surface area contributed by atoms with Crippen LogP contribution in [-0.2, 0) is 25.3 Å². The van der Waals surface area contributed by atoms with Gasteiger partial charge in [-0.25, -0.2) is 9.88 Å². The quantitative estimate of drug-likeness (QED) is 0.643. The Morgan fingerprint density at radius 1 is 1.17 bits per heavy atom. The summed E-state index contributed by atoms with van der Waals surface area (Å²) in [5.74, 6) is -1.41. The molecule has 2 aromatic carbocycles. The third-order valence-corrected chi connectivity index (χ3v) is 7.10. The molecule has 1 aliphatic heterocycles. The predicted molar refractivity (Wildman–Crippen MR) is 110 cm³/mol. The standard InChI is InChI=1S/C21H25N2O5P/c1-16(20(24)23-14-8-13-19(23)21(25)26)22-29(27,18-11-6-3-7-12-18)28-15-17-9-4-2-5-10-17/h2-7,9-12,16,19H,8,13-15H2,1H3,(H,22,27)(H,25,26)/t16-,19-,29?/m0/s1. The van der Waals surface area contributed by atoms with Gasteiger partial charge in [0.25, 0.3) is 0 Å². The summed E-state index contributed by atoms with van der Waals surface area (Å²) in [5, 5.41) is 12.7. The van der Waals surface area contributed by atoms with Crippen molar-refractivity contribution in [1.82, 2.24) is 9.99 Å². The van der Waals surface area contributed by atoms with Crippen LogP contribution in [0, 0.1) is 0 Å². The first-order chi connectivity index (χ1) is 13.9. The maximum atomic E-state index is 13.7. The van der Waals surface area contributed by atoms with E-state index in [0.717, 1.165) is 5.56 Å². The fourth-order valence-corrected chi connectivity index (χ4v) is 5.28. The summed E-state index contributed by atoms with van der Waals surface area (Å²) in [6, 6.07) is 16.3. The molecule has 8 heteroatoms. The van der Waals surface area contributed by atoms with Gasteiger partial charge in [0.2, 0.25) is 5.91 Å². The number of carboxylic acid groups (broad SMARTS) is 1. The second-order valence-corrected chi connectivity index (χ2v) is 9.16. The minimum absolute atomic E-state index is 0.113. The molecule has 0 saturated carbocycles. The maximum Gasteiger partial charge on any atom is 0.326 e. The normalized spacial score (nSPS) is 19.5. The number of amides is 1. The van der Waals surface area contributed by atoms with E-state index in [-0.39, 0.29) is 6.61 Å². The fourth-order valence-electron chi connectivity index (χ4n) is 3.40. The van der Waals surface area contributed by atoms with Crippen molar-refractivity contribution in [2.75, 3.05) is 6.54 Å². The topological polar surface area (TPSA) is 95.9 Å². The summed E-state index contributed by atoms with van der Waals surface area (Å²) in [6.07, 6.45) is 1.06. The van der Waals surface area contributed by atoms with Crippen LogP contribution in [0.4, 0.5) is 0 Å². The molecule has 7 nitrogen and oxygen atoms in total. The number of benzene rings is 2. The minimum atomic E-state index is -3.58. The van der Waals surface area contributed by atoms with Crippen LogP contribution in [0.2, 0.25) is 0 Å². The zero-order chi connectivity index (χ0) is 20.9. The van der Waals surface area contributed by atoms with E-state index < -0.39 is 31.5 Å². The van der Waals surface area contributed by atoms with Crippen LogP contribution in [0.3, 0.4) is 0 Å². The Hall–Kier alpha value is -2.47. The highest BCUT2D eigenvalue weighted by Gasteiger charge is 2.38. The zero-order valence-corrected chi connectivity index (χ0v) is 17.1. The summed E-state index contributed by atoms with van der Waals surface area (Å²) in [5.41, 5.74) is 0.856. The molecular formula is C21H25N2O5P. The molecule has 3 atom stereocenters. The molecule has 0 spiro atoms. The van der Waals surface area contributed by atoms with Gasteiger partial charge in [-0.15, -0.1) is 0 Å². The Morgan fingerprint density at radius 2 is 1.79 bits per heavy atom. The van der Waals surface area contributed by atoms with Gasteiger partial charge in [-0.05, 0) is 37.5 Å². The van der Waals surface area contributed by atoms with Crippen LogP contribution >= 0.6 is 7.52 Å². The van der Waals surface area contributed by atoms with Crippen molar-refractivity contribution < 1.29 is 23.8 Å². The number of hydrogen-bond acceptors (Lipinski definition) is 4. The highest BCUT2D eigenvalue weighted by molar-refractivity contribution is 7.65. The monoisotopic (exact) mass is 416 g/mol. The number of aliphatic carboxylic acids is 1. The van der Waals surface area contributed by atoms with Gasteiger partial charge in [0.1, 0.15) is 6.04 Å². The van der Waals surface area contributed by atoms with Crippen molar-refractivity contribution in [2.45, 2.75) is 38.5 Å². The van der Waals surface area contributed by atoms with E-state index >= 15 is 0 Å². The minimum Gasteiger partial charge on any atom is -0.480 e. The zero-order valence-electron chi connectivity index (χ0n) is 16.2. The Labute approximate surface area is 170 Å². The average Bonchev–Trinajstić information content (AvgIpc) is 3.23. The summed E-state index contributed by atoms with van der Waals surface area (Å²) >= 11 is 0. The number of nitrogens with zero attached hydrogens (tertiary/aromatic N) is 1. The number of carboxylic acids is 1. The number of rotatable bonds is 8. The predicted octanol–water partition coefficient (Wildman–Crippen LogP) is 2.78. The lowest BCUT2D eigenvalue weighted by Crippen LogP contribution is -2.49. The third-order valence-electron chi connectivity index (χ3n) is 4.91. The maximum absolute atomic E-state index is 13.7. The van der Waals surface area contributed by atoms with Gasteiger partial charge in [-0.3, -0.25) is 9.36 Å². The number of hydrogen-bond donors (Lipinski definition) is 2. The van der Waals surface area contributed by atoms with Crippen molar-refractivity contribution in [1.29, 1.82) is 0 Å². The molecule has 1 amide bonds. The first-order valence-corrected chi connectivity index (χ1v) is 11.2. The molecule has 0 aliphatic carbocycles. The smallest absolute Gasteiger partial charge is 0.326 e. The van der Waals surface area contributed by atoms with E-state index in [4.69, 9.17) is 4.52 Å². The van der Waals surface area contributed by atoms with Crippen molar-refractivity contribution >= 4 is 24.7 Å². The molecule has 29 heavy (non-hydrogen) atoms. The summed E-state index contributed by atoms with van der Waals surface area (Å²) in [7, 11) is -3.58. The number of nitrogens with one attached hydrogen (secondary N) is 1. The molecule has 1 aliphatic rings. The summed E-state index contributed by atoms with van der Waals surface area (Å²) < 4.78 is 19.5. The highest BCUT2D eigenvalue weighted by atomic mass is 31.2. The number of carbonyl (C=O) groups excluding carboxylic acids is 1. The Kier molecular flexibility index (Phi) is 6.85. The largest absolute Gasteiger partial charge is 0.480 e. The molecule has 1 saturated heterocycles.